The van der Waals surface area contributed by atoms with Gasteiger partial charge >= 0.3 is 5.97 Å². The van der Waals surface area contributed by atoms with Crippen LogP contribution < -0.4 is 14.8 Å². The largest absolute Gasteiger partial charge is 0.496 e. The molecule has 0 saturated heterocycles. The van der Waals surface area contributed by atoms with Crippen molar-refractivity contribution < 1.29 is 28.7 Å². The maximum atomic E-state index is 12.0. The van der Waals surface area contributed by atoms with Crippen molar-refractivity contribution in [3.63, 3.8) is 0 Å². The summed E-state index contributed by atoms with van der Waals surface area (Å²) in [7, 11) is 1.54. The molecule has 29 heavy (non-hydrogen) atoms. The van der Waals surface area contributed by atoms with E-state index >= 15 is 0 Å². The molecule has 1 N–H and O–H groups in total. The Hall–Kier alpha value is -3.62. The lowest BCUT2D eigenvalue weighted by Gasteiger charge is -2.10. The molecule has 0 saturated carbocycles. The number of methoxy groups -OCH3 is 1. The van der Waals surface area contributed by atoms with Gasteiger partial charge in [0.25, 0.3) is 11.6 Å². The molecule has 1 amide bonds. The second kappa shape index (κ2) is 10.6. The van der Waals surface area contributed by atoms with Crippen LogP contribution in [-0.2, 0) is 20.7 Å². The Balaban J connectivity index is 1.88. The average molecular weight is 402 g/mol. The molecule has 0 spiro atoms. The first kappa shape index (κ1) is 21.7. The Morgan fingerprint density at radius 1 is 1.17 bits per heavy atom. The number of carbonyl (C=O) groups excluding carboxylic acids is 2. The minimum absolute atomic E-state index is 0.00600. The van der Waals surface area contributed by atoms with E-state index in [9.17, 15) is 19.7 Å². The van der Waals surface area contributed by atoms with Gasteiger partial charge in [-0.05, 0) is 37.1 Å². The Kier molecular flexibility index (Phi) is 7.96. The van der Waals surface area contributed by atoms with E-state index in [2.05, 4.69) is 5.32 Å². The Morgan fingerprint density at radius 2 is 1.93 bits per heavy atom. The predicted octanol–water partition coefficient (Wildman–Crippen LogP) is 3.12. The standard InChI is InChI=1S/C20H22N2O7/c1-3-28-15-9-10-16(17(12-15)22(25)26)21-19(23)13-29-20(24)11-8-14-6-4-5-7-18(14)27-2/h4-7,9-10,12H,3,8,11,13H2,1-2H3,(H,21,23). The molecule has 9 heteroatoms. The molecule has 0 atom stereocenters. The van der Waals surface area contributed by atoms with Gasteiger partial charge in [0, 0.05) is 6.42 Å². The number of para-hydroxylation sites is 1. The van der Waals surface area contributed by atoms with E-state index in [0.29, 0.717) is 24.5 Å². The van der Waals surface area contributed by atoms with Crippen molar-refractivity contribution >= 4 is 23.3 Å². The van der Waals surface area contributed by atoms with Gasteiger partial charge in [0.15, 0.2) is 6.61 Å². The molecule has 0 unspecified atom stereocenters. The van der Waals surface area contributed by atoms with Crippen molar-refractivity contribution in [2.75, 3.05) is 25.6 Å². The minimum Gasteiger partial charge on any atom is -0.496 e. The highest BCUT2D eigenvalue weighted by atomic mass is 16.6. The van der Waals surface area contributed by atoms with E-state index in [4.69, 9.17) is 14.2 Å². The van der Waals surface area contributed by atoms with E-state index in [0.717, 1.165) is 5.56 Å². The molecule has 0 aromatic heterocycles. The lowest BCUT2D eigenvalue weighted by molar-refractivity contribution is -0.384. The van der Waals surface area contributed by atoms with Gasteiger partial charge in [0.2, 0.25) is 0 Å². The molecule has 0 aliphatic heterocycles. The number of carbonyl (C=O) groups is 2. The van der Waals surface area contributed by atoms with Crippen molar-refractivity contribution in [2.45, 2.75) is 19.8 Å². The Labute approximate surface area is 167 Å². The van der Waals surface area contributed by atoms with Crippen LogP contribution in [0.5, 0.6) is 11.5 Å². The third kappa shape index (κ3) is 6.49. The highest BCUT2D eigenvalue weighted by Crippen LogP contribution is 2.29. The quantitative estimate of drug-likeness (QED) is 0.369. The summed E-state index contributed by atoms with van der Waals surface area (Å²) in [6.07, 6.45) is 0.464. The van der Waals surface area contributed by atoms with E-state index in [-0.39, 0.29) is 17.8 Å². The zero-order valence-electron chi connectivity index (χ0n) is 16.2. The van der Waals surface area contributed by atoms with Crippen molar-refractivity contribution in [1.29, 1.82) is 0 Å². The number of esters is 1. The number of nitro benzene ring substituents is 1. The van der Waals surface area contributed by atoms with Gasteiger partial charge in [0.1, 0.15) is 17.2 Å². The van der Waals surface area contributed by atoms with Gasteiger partial charge in [-0.25, -0.2) is 0 Å². The summed E-state index contributed by atoms with van der Waals surface area (Å²) in [4.78, 5) is 34.5. The summed E-state index contributed by atoms with van der Waals surface area (Å²) in [6, 6.07) is 11.4. The van der Waals surface area contributed by atoms with E-state index in [1.165, 1.54) is 18.2 Å². The molecule has 2 aromatic rings. The van der Waals surface area contributed by atoms with Crippen LogP contribution in [-0.4, -0.2) is 37.1 Å². The number of ether oxygens (including phenoxy) is 3. The predicted molar refractivity (Wildman–Crippen MR) is 105 cm³/mol. The number of anilines is 1. The van der Waals surface area contributed by atoms with Crippen LogP contribution >= 0.6 is 0 Å². The number of nitrogens with one attached hydrogen (secondary N) is 1. The fourth-order valence-corrected chi connectivity index (χ4v) is 2.58. The molecule has 0 aliphatic rings. The van der Waals surface area contributed by atoms with Gasteiger partial charge in [-0.3, -0.25) is 19.7 Å². The fraction of sp³-hybridized carbons (Fsp3) is 0.300. The fourth-order valence-electron chi connectivity index (χ4n) is 2.58. The van der Waals surface area contributed by atoms with Crippen LogP contribution in [0.15, 0.2) is 42.5 Å². The smallest absolute Gasteiger partial charge is 0.306 e. The molecule has 0 heterocycles. The van der Waals surface area contributed by atoms with Crippen molar-refractivity contribution in [3.8, 4) is 11.5 Å². The average Bonchev–Trinajstić information content (AvgIpc) is 2.72. The summed E-state index contributed by atoms with van der Waals surface area (Å²) in [6.45, 7) is 1.56. The lowest BCUT2D eigenvalue weighted by atomic mass is 10.1. The van der Waals surface area contributed by atoms with Gasteiger partial charge in [-0.1, -0.05) is 18.2 Å². The molecule has 0 radical (unpaired) electrons. The van der Waals surface area contributed by atoms with Crippen LogP contribution in [0, 0.1) is 10.1 Å². The number of hydrogen-bond acceptors (Lipinski definition) is 7. The number of hydrogen-bond donors (Lipinski definition) is 1. The summed E-state index contributed by atoms with van der Waals surface area (Å²) in [5.74, 6) is -0.254. The van der Waals surface area contributed by atoms with Crippen LogP contribution in [0.4, 0.5) is 11.4 Å². The topological polar surface area (TPSA) is 117 Å². The van der Waals surface area contributed by atoms with E-state index in [1.54, 1.807) is 20.1 Å². The molecular formula is C20H22N2O7. The van der Waals surface area contributed by atoms with Crippen LogP contribution in [0.3, 0.4) is 0 Å². The zero-order chi connectivity index (χ0) is 21.2. The maximum Gasteiger partial charge on any atom is 0.306 e. The van der Waals surface area contributed by atoms with Gasteiger partial charge in [-0.15, -0.1) is 0 Å². The van der Waals surface area contributed by atoms with E-state index in [1.807, 2.05) is 18.2 Å². The summed E-state index contributed by atoms with van der Waals surface area (Å²) < 4.78 is 15.4. The number of benzene rings is 2. The summed E-state index contributed by atoms with van der Waals surface area (Å²) >= 11 is 0. The van der Waals surface area contributed by atoms with Crippen molar-refractivity contribution in [1.82, 2.24) is 0 Å². The monoisotopic (exact) mass is 402 g/mol. The molecule has 9 nitrogen and oxygen atoms in total. The van der Waals surface area contributed by atoms with E-state index < -0.39 is 23.4 Å². The first-order chi connectivity index (χ1) is 13.9. The Bertz CT molecular complexity index is 883. The lowest BCUT2D eigenvalue weighted by Crippen LogP contribution is -2.21. The summed E-state index contributed by atoms with van der Waals surface area (Å²) in [5, 5.41) is 13.6. The van der Waals surface area contributed by atoms with Crippen LogP contribution in [0.2, 0.25) is 0 Å². The zero-order valence-corrected chi connectivity index (χ0v) is 16.2. The first-order valence-corrected chi connectivity index (χ1v) is 8.93. The molecular weight excluding hydrogens is 380 g/mol. The van der Waals surface area contributed by atoms with Crippen LogP contribution in [0.1, 0.15) is 18.9 Å². The van der Waals surface area contributed by atoms with Gasteiger partial charge in [-0.2, -0.15) is 0 Å². The Morgan fingerprint density at radius 3 is 2.62 bits per heavy atom. The van der Waals surface area contributed by atoms with Gasteiger partial charge in [0.05, 0.1) is 24.7 Å². The molecule has 0 aliphatic carbocycles. The minimum atomic E-state index is -0.678. The molecule has 2 rings (SSSR count). The van der Waals surface area contributed by atoms with Crippen molar-refractivity contribution in [2.24, 2.45) is 0 Å². The van der Waals surface area contributed by atoms with Crippen molar-refractivity contribution in [3.05, 3.63) is 58.1 Å². The number of nitrogens with zero attached hydrogens (tertiary/aromatic N) is 1. The molecule has 0 fully saturated rings. The number of rotatable bonds is 10. The second-order valence-electron chi connectivity index (χ2n) is 5.89. The summed E-state index contributed by atoms with van der Waals surface area (Å²) in [5.41, 5.74) is 0.529. The molecule has 2 aromatic carbocycles. The van der Waals surface area contributed by atoms with Crippen LogP contribution in [0.25, 0.3) is 0 Å². The van der Waals surface area contributed by atoms with Gasteiger partial charge < -0.3 is 19.5 Å². The maximum absolute atomic E-state index is 12.0. The normalized spacial score (nSPS) is 10.1. The number of amides is 1. The highest BCUT2D eigenvalue weighted by molar-refractivity contribution is 5.95. The molecule has 0 bridgehead atoms. The molecule has 154 valence electrons. The third-order valence-corrected chi connectivity index (χ3v) is 3.91. The number of aryl methyl sites for hydroxylation is 1. The SMILES string of the molecule is CCOc1ccc(NC(=O)COC(=O)CCc2ccccc2OC)c([N+](=O)[O-])c1. The third-order valence-electron chi connectivity index (χ3n) is 3.91. The first-order valence-electron chi connectivity index (χ1n) is 8.93. The second-order valence-corrected chi connectivity index (χ2v) is 5.89. The highest BCUT2D eigenvalue weighted by Gasteiger charge is 2.18. The number of nitro groups is 1.